The monoisotopic (exact) mass is 617 g/mol. The predicted octanol–water partition coefficient (Wildman–Crippen LogP) is 10.3. The van der Waals surface area contributed by atoms with Gasteiger partial charge in [0.1, 0.15) is 0 Å². The van der Waals surface area contributed by atoms with Crippen molar-refractivity contribution in [2.24, 2.45) is 0 Å². The molecule has 6 aromatic carbocycles. The van der Waals surface area contributed by atoms with Crippen LogP contribution in [0.1, 0.15) is 25.1 Å². The number of fused-ring (bicyclic) bond motifs is 9. The lowest BCUT2D eigenvalue weighted by atomic mass is 9.83. The minimum atomic E-state index is -0.0911. The first-order valence-electron chi connectivity index (χ1n) is 16.4. The molecular weight excluding hydrogens is 587 g/mol. The summed E-state index contributed by atoms with van der Waals surface area (Å²) in [4.78, 5) is 0. The van der Waals surface area contributed by atoms with Gasteiger partial charge in [0.15, 0.2) is 11.6 Å². The highest BCUT2D eigenvalue weighted by Crippen LogP contribution is 2.48. The number of hydrogen-bond acceptors (Lipinski definition) is 2. The van der Waals surface area contributed by atoms with Gasteiger partial charge in [-0.2, -0.15) is 0 Å². The third kappa shape index (κ3) is 3.67. The highest BCUT2D eigenvalue weighted by atomic mass is 15.3. The quantitative estimate of drug-likeness (QED) is 0.197. The molecule has 0 radical (unpaired) electrons. The van der Waals surface area contributed by atoms with Gasteiger partial charge in [-0.1, -0.05) is 117 Å². The molecule has 0 saturated carbocycles. The highest BCUT2D eigenvalue weighted by molar-refractivity contribution is 6.18. The van der Waals surface area contributed by atoms with Gasteiger partial charge in [-0.25, -0.2) is 0 Å². The Labute approximate surface area is 278 Å². The molecular formula is C43H31N5. The Hall–Kier alpha value is -6.20. The average molecular weight is 618 g/mol. The van der Waals surface area contributed by atoms with Crippen molar-refractivity contribution in [3.63, 3.8) is 0 Å². The highest BCUT2D eigenvalue weighted by Gasteiger charge is 2.37. The van der Waals surface area contributed by atoms with Gasteiger partial charge in [-0.15, -0.1) is 10.2 Å². The van der Waals surface area contributed by atoms with Crippen LogP contribution in [0.3, 0.4) is 0 Å². The first kappa shape index (κ1) is 27.0. The maximum atomic E-state index is 4.68. The maximum absolute atomic E-state index is 4.68. The molecule has 5 heteroatoms. The molecule has 48 heavy (non-hydrogen) atoms. The van der Waals surface area contributed by atoms with Crippen LogP contribution in [0, 0.1) is 0 Å². The Balaban J connectivity index is 1.20. The fraction of sp³-hybridized carbons (Fsp3) is 0.0698. The number of nitrogens with zero attached hydrogens (tertiary/aromatic N) is 5. The Morgan fingerprint density at radius 1 is 0.458 bits per heavy atom. The summed E-state index contributed by atoms with van der Waals surface area (Å²) < 4.78 is 7.07. The SMILES string of the molecule is CC1(C)c2ccccc2-n2c1cc1c2ccc2c3ccccc3n(-c3ccc(-n4c(-c5ccccc5)nnc4-c4ccccc4)cc3)c21. The summed E-state index contributed by atoms with van der Waals surface area (Å²) >= 11 is 0. The fourth-order valence-corrected chi connectivity index (χ4v) is 7.89. The van der Waals surface area contributed by atoms with Crippen molar-refractivity contribution in [2.45, 2.75) is 19.3 Å². The van der Waals surface area contributed by atoms with Gasteiger partial charge >= 0.3 is 0 Å². The molecule has 228 valence electrons. The van der Waals surface area contributed by atoms with Gasteiger partial charge in [0.25, 0.3) is 0 Å². The third-order valence-electron chi connectivity index (χ3n) is 10.2. The molecule has 0 N–H and O–H groups in total. The van der Waals surface area contributed by atoms with Crippen LogP contribution in [0.5, 0.6) is 0 Å². The number of hydrogen-bond donors (Lipinski definition) is 0. The van der Waals surface area contributed by atoms with Crippen LogP contribution in [0.15, 0.2) is 152 Å². The summed E-state index contributed by atoms with van der Waals surface area (Å²) in [7, 11) is 0. The van der Waals surface area contributed by atoms with E-state index in [4.69, 9.17) is 0 Å². The van der Waals surface area contributed by atoms with E-state index in [1.807, 2.05) is 36.4 Å². The Bertz CT molecular complexity index is 2620. The van der Waals surface area contributed by atoms with Gasteiger partial charge in [-0.3, -0.25) is 4.57 Å². The van der Waals surface area contributed by atoms with Crippen molar-refractivity contribution < 1.29 is 0 Å². The zero-order chi connectivity index (χ0) is 32.0. The van der Waals surface area contributed by atoms with Crippen LogP contribution in [0.2, 0.25) is 0 Å². The lowest BCUT2D eigenvalue weighted by Gasteiger charge is -2.18. The van der Waals surface area contributed by atoms with E-state index in [2.05, 4.69) is 153 Å². The zero-order valence-electron chi connectivity index (χ0n) is 26.7. The Morgan fingerprint density at radius 3 is 1.71 bits per heavy atom. The molecule has 0 bridgehead atoms. The Morgan fingerprint density at radius 2 is 1.02 bits per heavy atom. The first-order chi connectivity index (χ1) is 23.6. The summed E-state index contributed by atoms with van der Waals surface area (Å²) in [6, 6.07) is 54.0. The van der Waals surface area contributed by atoms with E-state index in [-0.39, 0.29) is 5.41 Å². The summed E-state index contributed by atoms with van der Waals surface area (Å²) in [6.07, 6.45) is 0. The maximum Gasteiger partial charge on any atom is 0.168 e. The average Bonchev–Trinajstić information content (AvgIpc) is 3.89. The topological polar surface area (TPSA) is 40.6 Å². The van der Waals surface area contributed by atoms with E-state index < -0.39 is 0 Å². The van der Waals surface area contributed by atoms with Gasteiger partial charge in [0.05, 0.1) is 16.6 Å². The number of benzene rings is 6. The van der Waals surface area contributed by atoms with Gasteiger partial charge in [-0.05, 0) is 54.1 Å². The minimum absolute atomic E-state index is 0.0911. The van der Waals surface area contributed by atoms with Crippen molar-refractivity contribution in [1.82, 2.24) is 23.9 Å². The second-order valence-corrected chi connectivity index (χ2v) is 13.2. The molecule has 0 fully saturated rings. The molecule has 5 nitrogen and oxygen atoms in total. The Kier molecular flexibility index (Phi) is 5.56. The van der Waals surface area contributed by atoms with E-state index in [0.29, 0.717) is 0 Å². The van der Waals surface area contributed by atoms with Gasteiger partial charge < -0.3 is 9.13 Å². The third-order valence-corrected chi connectivity index (χ3v) is 10.2. The number of rotatable bonds is 4. The van der Waals surface area contributed by atoms with E-state index in [1.165, 1.54) is 49.7 Å². The predicted molar refractivity (Wildman–Crippen MR) is 196 cm³/mol. The van der Waals surface area contributed by atoms with Crippen LogP contribution in [-0.2, 0) is 5.41 Å². The van der Waals surface area contributed by atoms with Gasteiger partial charge in [0, 0.05) is 55.5 Å². The van der Waals surface area contributed by atoms with Crippen molar-refractivity contribution in [2.75, 3.05) is 0 Å². The molecule has 0 saturated heterocycles. The van der Waals surface area contributed by atoms with Gasteiger partial charge in [0.2, 0.25) is 0 Å². The van der Waals surface area contributed by atoms with E-state index in [9.17, 15) is 0 Å². The van der Waals surface area contributed by atoms with Crippen LogP contribution in [0.4, 0.5) is 0 Å². The number of para-hydroxylation sites is 2. The van der Waals surface area contributed by atoms with Crippen molar-refractivity contribution in [1.29, 1.82) is 0 Å². The zero-order valence-corrected chi connectivity index (χ0v) is 26.7. The number of aromatic nitrogens is 5. The normalized spacial score (nSPS) is 13.4. The molecule has 0 unspecified atom stereocenters. The fourth-order valence-electron chi connectivity index (χ4n) is 7.89. The van der Waals surface area contributed by atoms with Crippen molar-refractivity contribution in [3.05, 3.63) is 163 Å². The first-order valence-corrected chi connectivity index (χ1v) is 16.4. The van der Waals surface area contributed by atoms with Crippen LogP contribution < -0.4 is 0 Å². The van der Waals surface area contributed by atoms with Crippen LogP contribution in [-0.4, -0.2) is 23.9 Å². The largest absolute Gasteiger partial charge is 0.312 e. The summed E-state index contributed by atoms with van der Waals surface area (Å²) in [6.45, 7) is 4.68. The van der Waals surface area contributed by atoms with E-state index >= 15 is 0 Å². The molecule has 0 spiro atoms. The second-order valence-electron chi connectivity index (χ2n) is 13.2. The lowest BCUT2D eigenvalue weighted by Crippen LogP contribution is -2.14. The summed E-state index contributed by atoms with van der Waals surface area (Å²) in [5.41, 5.74) is 11.7. The smallest absolute Gasteiger partial charge is 0.168 e. The standard InChI is InChI=1S/C43H31N5/c1-43(2)35-18-10-12-20-38(35)48-37-26-25-33-32-17-9-11-19-36(32)46(40(33)34(37)27-39(43)48)30-21-23-31(24-22-30)47-41(28-13-5-3-6-14-28)44-45-42(47)29-15-7-4-8-16-29/h3-27H,1-2H3. The molecule has 0 amide bonds. The molecule has 1 aliphatic rings. The molecule has 4 heterocycles. The van der Waals surface area contributed by atoms with E-state index in [1.54, 1.807) is 0 Å². The summed E-state index contributed by atoms with van der Waals surface area (Å²) in [5, 5.41) is 13.1. The van der Waals surface area contributed by atoms with E-state index in [0.717, 1.165) is 34.2 Å². The van der Waals surface area contributed by atoms with Crippen molar-refractivity contribution >= 4 is 32.7 Å². The molecule has 3 aromatic heterocycles. The molecule has 10 rings (SSSR count). The minimum Gasteiger partial charge on any atom is -0.312 e. The van der Waals surface area contributed by atoms with Crippen molar-refractivity contribution in [3.8, 4) is 39.8 Å². The van der Waals surface area contributed by atoms with Crippen LogP contribution >= 0.6 is 0 Å². The molecule has 0 atom stereocenters. The molecule has 0 aliphatic carbocycles. The van der Waals surface area contributed by atoms with Crippen LogP contribution in [0.25, 0.3) is 72.5 Å². The second kappa shape index (κ2) is 9.90. The molecule has 1 aliphatic heterocycles. The summed E-state index contributed by atoms with van der Waals surface area (Å²) in [5.74, 6) is 1.62. The lowest BCUT2D eigenvalue weighted by molar-refractivity contribution is 0.645. The molecule has 9 aromatic rings.